The van der Waals surface area contributed by atoms with Crippen LogP contribution in [0.2, 0.25) is 0 Å². The molecule has 6 heteroatoms. The highest BCUT2D eigenvalue weighted by molar-refractivity contribution is 5.14. The molecule has 1 aliphatic rings. The van der Waals surface area contributed by atoms with Gasteiger partial charge in [-0.1, -0.05) is 27.7 Å². The maximum Gasteiger partial charge on any atom is 0.211 e. The molecule has 3 atom stereocenters. The Labute approximate surface area is 169 Å². The van der Waals surface area contributed by atoms with Crippen molar-refractivity contribution in [3.63, 3.8) is 0 Å². The van der Waals surface area contributed by atoms with Gasteiger partial charge in [0.15, 0.2) is 0 Å². The second kappa shape index (κ2) is 8.37. The topological polar surface area (TPSA) is 50.3 Å². The molecule has 0 unspecified atom stereocenters. The number of piperidine rings is 1. The van der Waals surface area contributed by atoms with Gasteiger partial charge in [-0.2, -0.15) is 5.10 Å². The van der Waals surface area contributed by atoms with E-state index in [1.165, 1.54) is 24.9 Å². The first-order valence-electron chi connectivity index (χ1n) is 10.6. The molecule has 0 aliphatic carbocycles. The van der Waals surface area contributed by atoms with Crippen molar-refractivity contribution in [1.82, 2.24) is 24.6 Å². The van der Waals surface area contributed by atoms with E-state index >= 15 is 0 Å². The smallest absolute Gasteiger partial charge is 0.211 e. The van der Waals surface area contributed by atoms with Crippen LogP contribution in [0, 0.1) is 5.92 Å². The largest absolute Gasteiger partial charge is 0.443 e. The summed E-state index contributed by atoms with van der Waals surface area (Å²) in [6.07, 6.45) is 8.60. The van der Waals surface area contributed by atoms with Crippen LogP contribution in [-0.2, 0) is 12.5 Å². The monoisotopic (exact) mass is 387 g/mol. The van der Waals surface area contributed by atoms with E-state index in [4.69, 9.17) is 4.42 Å². The summed E-state index contributed by atoms with van der Waals surface area (Å²) in [5.74, 6) is 2.33. The molecular weight excluding hydrogens is 350 g/mol. The zero-order chi connectivity index (χ0) is 20.5. The lowest BCUT2D eigenvalue weighted by Gasteiger charge is -2.42. The van der Waals surface area contributed by atoms with Gasteiger partial charge in [-0.25, -0.2) is 4.98 Å². The van der Waals surface area contributed by atoms with E-state index in [1.54, 1.807) is 0 Å². The zero-order valence-electron chi connectivity index (χ0n) is 18.6. The minimum Gasteiger partial charge on any atom is -0.443 e. The normalized spacial score (nSPS) is 22.7. The average Bonchev–Trinajstić information content (AvgIpc) is 3.29. The maximum atomic E-state index is 6.10. The summed E-state index contributed by atoms with van der Waals surface area (Å²) in [6.45, 7) is 14.2. The molecule has 2 aromatic heterocycles. The molecule has 0 amide bonds. The van der Waals surface area contributed by atoms with Crippen LogP contribution in [0.3, 0.4) is 0 Å². The maximum absolute atomic E-state index is 6.10. The van der Waals surface area contributed by atoms with Gasteiger partial charge in [-0.15, -0.1) is 0 Å². The van der Waals surface area contributed by atoms with Crippen molar-refractivity contribution in [1.29, 1.82) is 0 Å². The molecular formula is C22H37N5O. The second-order valence-electron chi connectivity index (χ2n) is 9.35. The molecule has 0 spiro atoms. The van der Waals surface area contributed by atoms with Crippen molar-refractivity contribution >= 4 is 0 Å². The van der Waals surface area contributed by atoms with Crippen LogP contribution in [0.4, 0.5) is 0 Å². The zero-order valence-corrected chi connectivity index (χ0v) is 18.6. The first kappa shape index (κ1) is 21.1. The predicted octanol–water partition coefficient (Wildman–Crippen LogP) is 4.17. The van der Waals surface area contributed by atoms with Crippen LogP contribution < -0.4 is 0 Å². The number of likely N-dealkylation sites (tertiary alicyclic amines) is 1. The van der Waals surface area contributed by atoms with Gasteiger partial charge in [0.1, 0.15) is 5.76 Å². The minimum absolute atomic E-state index is 0.0139. The SMILES string of the molecule is CCN1CCC[C@@H](CN(C)[C@H](C)c2ncc(C(C)(C)C)o2)[C@@H]1c1cnn(C)c1. The van der Waals surface area contributed by atoms with Crippen LogP contribution in [0.15, 0.2) is 23.0 Å². The van der Waals surface area contributed by atoms with E-state index < -0.39 is 0 Å². The molecule has 2 aromatic rings. The van der Waals surface area contributed by atoms with Gasteiger partial charge in [0.05, 0.1) is 18.4 Å². The van der Waals surface area contributed by atoms with E-state index in [9.17, 15) is 0 Å². The Morgan fingerprint density at radius 3 is 2.64 bits per heavy atom. The fourth-order valence-electron chi connectivity index (χ4n) is 4.32. The first-order chi connectivity index (χ1) is 13.2. The van der Waals surface area contributed by atoms with Gasteiger partial charge >= 0.3 is 0 Å². The van der Waals surface area contributed by atoms with E-state index in [1.807, 2.05) is 24.1 Å². The van der Waals surface area contributed by atoms with Crippen LogP contribution in [0.1, 0.15) is 76.8 Å². The Morgan fingerprint density at radius 1 is 1.32 bits per heavy atom. The lowest BCUT2D eigenvalue weighted by Crippen LogP contribution is -2.43. The summed E-state index contributed by atoms with van der Waals surface area (Å²) in [5.41, 5.74) is 1.32. The van der Waals surface area contributed by atoms with E-state index in [-0.39, 0.29) is 11.5 Å². The quantitative estimate of drug-likeness (QED) is 0.744. The number of hydrogen-bond donors (Lipinski definition) is 0. The van der Waals surface area contributed by atoms with Crippen LogP contribution >= 0.6 is 0 Å². The molecule has 3 heterocycles. The predicted molar refractivity (Wildman–Crippen MR) is 112 cm³/mol. The molecule has 3 rings (SSSR count). The van der Waals surface area contributed by atoms with E-state index in [0.717, 1.165) is 24.7 Å². The molecule has 1 fully saturated rings. The van der Waals surface area contributed by atoms with Gasteiger partial charge in [0.2, 0.25) is 5.89 Å². The summed E-state index contributed by atoms with van der Waals surface area (Å²) in [7, 11) is 4.19. The molecule has 6 nitrogen and oxygen atoms in total. The highest BCUT2D eigenvalue weighted by atomic mass is 16.4. The molecule has 156 valence electrons. The third kappa shape index (κ3) is 4.49. The Hall–Kier alpha value is -1.66. The fraction of sp³-hybridized carbons (Fsp3) is 0.727. The van der Waals surface area contributed by atoms with Crippen molar-refractivity contribution in [2.75, 3.05) is 26.7 Å². The summed E-state index contributed by atoms with van der Waals surface area (Å²) in [4.78, 5) is 9.57. The average molecular weight is 388 g/mol. The third-order valence-corrected chi connectivity index (χ3v) is 6.14. The van der Waals surface area contributed by atoms with Crippen LogP contribution in [0.5, 0.6) is 0 Å². The van der Waals surface area contributed by atoms with Gasteiger partial charge in [0.25, 0.3) is 0 Å². The van der Waals surface area contributed by atoms with Crippen molar-refractivity contribution in [3.05, 3.63) is 35.8 Å². The second-order valence-corrected chi connectivity index (χ2v) is 9.35. The highest BCUT2D eigenvalue weighted by Crippen LogP contribution is 2.37. The first-order valence-corrected chi connectivity index (χ1v) is 10.6. The lowest BCUT2D eigenvalue weighted by atomic mass is 9.85. The number of hydrogen-bond acceptors (Lipinski definition) is 5. The molecule has 1 aliphatic heterocycles. The van der Waals surface area contributed by atoms with Crippen molar-refractivity contribution in [2.24, 2.45) is 13.0 Å². The van der Waals surface area contributed by atoms with Crippen molar-refractivity contribution < 1.29 is 4.42 Å². The number of aromatic nitrogens is 3. The molecule has 0 N–H and O–H groups in total. The Kier molecular flexibility index (Phi) is 6.30. The van der Waals surface area contributed by atoms with Crippen LogP contribution in [0.25, 0.3) is 0 Å². The van der Waals surface area contributed by atoms with Crippen molar-refractivity contribution in [3.8, 4) is 0 Å². The van der Waals surface area contributed by atoms with Gasteiger partial charge in [-0.3, -0.25) is 14.5 Å². The number of oxazole rings is 1. The number of nitrogens with zero attached hydrogens (tertiary/aromatic N) is 5. The Morgan fingerprint density at radius 2 is 2.07 bits per heavy atom. The number of aryl methyl sites for hydroxylation is 1. The van der Waals surface area contributed by atoms with Gasteiger partial charge in [-0.05, 0) is 45.8 Å². The molecule has 0 aromatic carbocycles. The van der Waals surface area contributed by atoms with E-state index in [0.29, 0.717) is 12.0 Å². The standard InChI is InChI=1S/C22H37N5O/c1-8-27-11-9-10-17(20(27)18-12-24-26(7)15-18)14-25(6)16(2)21-23-13-19(28-21)22(3,4)5/h12-13,15-17,20H,8-11,14H2,1-7H3/t16-,17+,20-/m1/s1. The minimum atomic E-state index is -0.0139. The summed E-state index contributed by atoms with van der Waals surface area (Å²) < 4.78 is 8.02. The van der Waals surface area contributed by atoms with Gasteiger partial charge in [0, 0.05) is 36.8 Å². The number of rotatable bonds is 6. The summed E-state index contributed by atoms with van der Waals surface area (Å²) in [6, 6.07) is 0.583. The Balaban J connectivity index is 1.75. The highest BCUT2D eigenvalue weighted by Gasteiger charge is 2.34. The summed E-state index contributed by atoms with van der Waals surface area (Å²) in [5, 5.41) is 4.43. The molecule has 1 saturated heterocycles. The Bertz CT molecular complexity index is 759. The summed E-state index contributed by atoms with van der Waals surface area (Å²) >= 11 is 0. The van der Waals surface area contributed by atoms with Gasteiger partial charge < -0.3 is 4.42 Å². The molecule has 28 heavy (non-hydrogen) atoms. The fourth-order valence-corrected chi connectivity index (χ4v) is 4.32. The lowest BCUT2D eigenvalue weighted by molar-refractivity contribution is 0.0644. The molecule has 0 bridgehead atoms. The van der Waals surface area contributed by atoms with Crippen molar-refractivity contribution in [2.45, 2.75) is 65.0 Å². The molecule has 0 radical (unpaired) electrons. The van der Waals surface area contributed by atoms with Crippen LogP contribution in [-0.4, -0.2) is 51.2 Å². The third-order valence-electron chi connectivity index (χ3n) is 6.14. The molecule has 0 saturated carbocycles. The van der Waals surface area contributed by atoms with E-state index in [2.05, 4.69) is 67.7 Å².